The van der Waals surface area contributed by atoms with Gasteiger partial charge < -0.3 is 97.3 Å². The zero-order valence-electron chi connectivity index (χ0n) is 58.1. The molecule has 102 heavy (non-hydrogen) atoms. The van der Waals surface area contributed by atoms with Gasteiger partial charge in [-0.3, -0.25) is 28.8 Å². The number of alkyl halides is 1. The van der Waals surface area contributed by atoms with Crippen molar-refractivity contribution in [1.82, 2.24) is 29.8 Å². The number of amides is 4. The van der Waals surface area contributed by atoms with Crippen LogP contribution in [-0.2, 0) is 55.7 Å². The maximum atomic E-state index is 14.9. The van der Waals surface area contributed by atoms with E-state index in [2.05, 4.69) is 20.5 Å². The van der Waals surface area contributed by atoms with Gasteiger partial charge in [-0.2, -0.15) is 0 Å². The Kier molecular flexibility index (Phi) is 22.9. The minimum absolute atomic E-state index is 0.0123. The second kappa shape index (κ2) is 30.4. The Bertz CT molecular complexity index is 4250. The molecular weight excluding hydrogens is 1380 g/mol. The number of rotatable bonds is 29. The molecule has 0 bridgehead atoms. The molecule has 554 valence electrons. The number of hydrogen-bond donors (Lipinski definition) is 9. The lowest BCUT2D eigenvalue weighted by molar-refractivity contribution is -0.301. The number of carbonyl (C=O) groups excluding carboxylic acids is 4. The van der Waals surface area contributed by atoms with Crippen LogP contribution in [-0.4, -0.2) is 248 Å². The fourth-order valence-corrected chi connectivity index (χ4v) is 13.5. The SMILES string of the molecule is COc1ccc2c(OS(=O)(=O)Oc3cc(C(=O)N(C)CC(C)(C)COCC(C)(C)Cn4cc(C(C)(C)COC(C)(C)CN5C(=O)C=CC5=O)nn4)ccc3O[C@@H]3O[C@H](CO)[C@H](O)[C@H](O)[C@H]3O)cc3c(c2c1)[C@H](CCl)CN3C(=O)c1cc2cc(/C(C)=N/OC3O[C@H](CO)[C@H](O)[C@H](O)[C@H]3O)ccc2[nH]1. The average molecular weight is 1460 g/mol. The number of ether oxygens (including phenoxy) is 6. The molecule has 0 aliphatic carbocycles. The van der Waals surface area contributed by atoms with Crippen molar-refractivity contribution in [3.63, 3.8) is 0 Å². The summed E-state index contributed by atoms with van der Waals surface area (Å²) in [4.78, 5) is 66.3. The molecule has 4 aromatic carbocycles. The van der Waals surface area contributed by atoms with E-state index in [4.69, 9.17) is 53.2 Å². The molecule has 1 unspecified atom stereocenters. The van der Waals surface area contributed by atoms with Gasteiger partial charge in [0.25, 0.3) is 29.9 Å². The number of aliphatic hydroxyl groups excluding tert-OH is 8. The first-order chi connectivity index (χ1) is 47.9. The monoisotopic (exact) mass is 1460 g/mol. The highest BCUT2D eigenvalue weighted by atomic mass is 35.5. The van der Waals surface area contributed by atoms with Crippen molar-refractivity contribution in [3.8, 4) is 23.0 Å². The highest BCUT2D eigenvalue weighted by Crippen LogP contribution is 2.48. The van der Waals surface area contributed by atoms with Crippen LogP contribution in [0.2, 0.25) is 0 Å². The van der Waals surface area contributed by atoms with Crippen LogP contribution < -0.4 is 22.7 Å². The summed E-state index contributed by atoms with van der Waals surface area (Å²) >= 11 is 6.67. The number of nitrogens with zero attached hydrogens (tertiary/aromatic N) is 7. The van der Waals surface area contributed by atoms with Gasteiger partial charge in [-0.25, -0.2) is 0 Å². The van der Waals surface area contributed by atoms with Gasteiger partial charge in [0, 0.05) is 101 Å². The Morgan fingerprint density at radius 2 is 1.38 bits per heavy atom. The molecule has 4 aliphatic heterocycles. The van der Waals surface area contributed by atoms with Crippen LogP contribution >= 0.6 is 11.6 Å². The largest absolute Gasteiger partial charge is 0.501 e. The van der Waals surface area contributed by atoms with E-state index in [1.54, 1.807) is 67.9 Å². The third-order valence-electron chi connectivity index (χ3n) is 18.0. The van der Waals surface area contributed by atoms with Crippen molar-refractivity contribution < 1.29 is 110 Å². The van der Waals surface area contributed by atoms with Gasteiger partial charge in [0.15, 0.2) is 17.2 Å². The molecule has 2 aromatic heterocycles. The third kappa shape index (κ3) is 17.0. The predicted molar refractivity (Wildman–Crippen MR) is 366 cm³/mol. The number of anilines is 1. The van der Waals surface area contributed by atoms with Gasteiger partial charge in [0.2, 0.25) is 6.29 Å². The fraction of sp³-hybridized carbons (Fsp3) is 0.522. The number of benzene rings is 4. The summed E-state index contributed by atoms with van der Waals surface area (Å²) in [6.45, 7) is 16.7. The summed E-state index contributed by atoms with van der Waals surface area (Å²) in [5, 5.41) is 96.8. The predicted octanol–water partition coefficient (Wildman–Crippen LogP) is 3.16. The number of imide groups is 1. The van der Waals surface area contributed by atoms with Gasteiger partial charge in [-0.15, -0.1) is 25.1 Å². The highest BCUT2D eigenvalue weighted by molar-refractivity contribution is 7.82. The van der Waals surface area contributed by atoms with Crippen LogP contribution in [0.1, 0.15) is 106 Å². The summed E-state index contributed by atoms with van der Waals surface area (Å²) in [6, 6.07) is 16.3. The number of oxime groups is 1. The van der Waals surface area contributed by atoms with Crippen molar-refractivity contribution in [1.29, 1.82) is 0 Å². The number of fused-ring (bicyclic) bond motifs is 4. The van der Waals surface area contributed by atoms with E-state index in [1.807, 2.05) is 47.7 Å². The number of aliphatic hydroxyl groups is 8. The van der Waals surface area contributed by atoms with Crippen molar-refractivity contribution in [3.05, 3.63) is 113 Å². The normalized spacial score (nSPS) is 23.7. The van der Waals surface area contributed by atoms with Crippen LogP contribution in [0.25, 0.3) is 21.7 Å². The molecule has 6 aromatic rings. The number of aromatic nitrogens is 4. The van der Waals surface area contributed by atoms with Crippen molar-refractivity contribution in [2.24, 2.45) is 16.0 Å². The minimum atomic E-state index is -5.36. The van der Waals surface area contributed by atoms with E-state index >= 15 is 0 Å². The van der Waals surface area contributed by atoms with Crippen molar-refractivity contribution in [2.45, 2.75) is 147 Å². The molecule has 11 atom stereocenters. The van der Waals surface area contributed by atoms with Crippen molar-refractivity contribution >= 4 is 78.7 Å². The molecule has 0 radical (unpaired) electrons. The van der Waals surface area contributed by atoms with Crippen LogP contribution in [0.3, 0.4) is 0 Å². The second-order valence-corrected chi connectivity index (χ2v) is 30.3. The summed E-state index contributed by atoms with van der Waals surface area (Å²) in [7, 11) is -2.39. The topological polar surface area (TPSA) is 416 Å². The second-order valence-electron chi connectivity index (χ2n) is 28.8. The van der Waals surface area contributed by atoms with Crippen LogP contribution in [0, 0.1) is 10.8 Å². The molecule has 31 nitrogen and oxygen atoms in total. The van der Waals surface area contributed by atoms with Gasteiger partial charge in [-0.05, 0) is 91.9 Å². The number of aromatic amines is 1. The molecule has 4 aliphatic rings. The summed E-state index contributed by atoms with van der Waals surface area (Å²) in [6.07, 6.45) is -12.4. The summed E-state index contributed by atoms with van der Waals surface area (Å²) in [5.41, 5.74) is 0.152. The lowest BCUT2D eigenvalue weighted by Gasteiger charge is -2.39. The first-order valence-corrected chi connectivity index (χ1v) is 34.7. The van der Waals surface area contributed by atoms with E-state index < -0.39 is 148 Å². The molecule has 10 rings (SSSR count). The highest BCUT2D eigenvalue weighted by Gasteiger charge is 2.47. The molecule has 0 spiro atoms. The molecule has 2 saturated heterocycles. The Morgan fingerprint density at radius 1 is 0.745 bits per heavy atom. The Hall–Kier alpha value is -7.93. The summed E-state index contributed by atoms with van der Waals surface area (Å²) in [5.74, 6) is -3.57. The molecular formula is C69H87ClN8O23S. The zero-order valence-corrected chi connectivity index (χ0v) is 59.7. The molecule has 33 heteroatoms. The van der Waals surface area contributed by atoms with Gasteiger partial charge in [-0.1, -0.05) is 58.0 Å². The Balaban J connectivity index is 0.853. The number of carbonyl (C=O) groups is 4. The first-order valence-electron chi connectivity index (χ1n) is 32.8. The van der Waals surface area contributed by atoms with Gasteiger partial charge >= 0.3 is 10.4 Å². The quantitative estimate of drug-likeness (QED) is 0.0141. The Labute approximate surface area is 592 Å². The minimum Gasteiger partial charge on any atom is -0.497 e. The number of halogens is 1. The van der Waals surface area contributed by atoms with Crippen LogP contribution in [0.15, 0.2) is 90.2 Å². The first kappa shape index (κ1) is 76.7. The van der Waals surface area contributed by atoms with E-state index in [0.29, 0.717) is 45.4 Å². The number of methoxy groups -OCH3 is 1. The molecule has 4 amide bonds. The van der Waals surface area contributed by atoms with Gasteiger partial charge in [0.05, 0.1) is 69.4 Å². The van der Waals surface area contributed by atoms with Crippen LogP contribution in [0.5, 0.6) is 23.0 Å². The molecule has 6 heterocycles. The average Bonchev–Trinajstić information content (AvgIpc) is 1.54. The molecule has 2 fully saturated rings. The number of hydrogen-bond acceptors (Lipinski definition) is 26. The maximum Gasteiger partial charge on any atom is 0.501 e. The smallest absolute Gasteiger partial charge is 0.497 e. The van der Waals surface area contributed by atoms with E-state index in [-0.39, 0.29) is 79.1 Å². The van der Waals surface area contributed by atoms with E-state index in [9.17, 15) is 68.4 Å². The lowest BCUT2D eigenvalue weighted by atomic mass is 9.90. The lowest BCUT2D eigenvalue weighted by Crippen LogP contribution is -2.60. The number of H-pyrrole nitrogens is 1. The number of nitrogens with one attached hydrogen (secondary N) is 1. The fourth-order valence-electron chi connectivity index (χ4n) is 12.5. The Morgan fingerprint density at radius 3 is 2.04 bits per heavy atom. The van der Waals surface area contributed by atoms with Crippen LogP contribution in [0.4, 0.5) is 5.69 Å². The van der Waals surface area contributed by atoms with E-state index in [1.165, 1.54) is 48.2 Å². The molecule has 0 saturated carbocycles. The standard InChI is InChI=1S/C69H87ClN8O23S/c1-36(73-99-65-61(88)59(86)57(84)51(29-80)98-65)37-12-16-44-39(20-37)21-45(71-44)63(90)77-26-40(25-70)55-43-23-41(93-11)14-15-42(43)48(24-46(55)77)100-102(91,92)101-49-22-38(13-17-47(49)96-64-60(87)58(85)56(83)50(28-79)97-64)62(89)75(10)30-66(2,3)33-94-34-67(4,5)31-76-27-52(72-74-76)68(6,7)35-95-69(8,9)32-78-53(81)18-19-54(78)82/h12-24,27,40,50-51,56-61,64-65,71,79-80,83-88H,25-26,28-35H2,1-11H3/b73-36+/t40-,50-,51-,56+,57+,58+,59+,60-,61-,64-,65?/m1/s1. The zero-order chi connectivity index (χ0) is 74.3. The van der Waals surface area contributed by atoms with Crippen molar-refractivity contribution in [2.75, 3.05) is 77.6 Å². The summed E-state index contributed by atoms with van der Waals surface area (Å²) < 4.78 is 77.7. The molecule has 9 N–H and O–H groups in total. The third-order valence-corrected chi connectivity index (χ3v) is 19.2. The van der Waals surface area contributed by atoms with Gasteiger partial charge in [0.1, 0.15) is 60.3 Å². The maximum absolute atomic E-state index is 14.9. The van der Waals surface area contributed by atoms with E-state index in [0.717, 1.165) is 17.0 Å².